The highest BCUT2D eigenvalue weighted by Crippen LogP contribution is 2.12. The molecular formula is C14H13BrN2O2. The smallest absolute Gasteiger partial charge is 0.268 e. The van der Waals surface area contributed by atoms with Gasteiger partial charge in [-0.15, -0.1) is 0 Å². The molecule has 0 bridgehead atoms. The van der Waals surface area contributed by atoms with Gasteiger partial charge in [-0.25, -0.2) is 4.98 Å². The zero-order valence-corrected chi connectivity index (χ0v) is 12.3. The molecule has 0 aliphatic heterocycles. The van der Waals surface area contributed by atoms with Crippen molar-refractivity contribution in [3.63, 3.8) is 0 Å². The lowest BCUT2D eigenvalue weighted by Gasteiger charge is -2.08. The van der Waals surface area contributed by atoms with Crippen LogP contribution in [0.4, 0.5) is 0 Å². The van der Waals surface area contributed by atoms with E-state index in [0.29, 0.717) is 10.0 Å². The molecule has 0 unspecified atom stereocenters. The van der Waals surface area contributed by atoms with Crippen molar-refractivity contribution in [3.05, 3.63) is 62.2 Å². The first-order valence-electron chi connectivity index (χ1n) is 5.79. The molecule has 0 atom stereocenters. The fourth-order valence-electron chi connectivity index (χ4n) is 1.90. The first-order valence-corrected chi connectivity index (χ1v) is 6.58. The van der Waals surface area contributed by atoms with Gasteiger partial charge in [0.2, 0.25) is 0 Å². The molecule has 2 rings (SSSR count). The van der Waals surface area contributed by atoms with Crippen LogP contribution in [0.3, 0.4) is 0 Å². The fraction of sp³-hybridized carbons (Fsp3) is 0.214. The Labute approximate surface area is 119 Å². The van der Waals surface area contributed by atoms with Crippen LogP contribution < -0.4 is 5.56 Å². The molecule has 0 fully saturated rings. The van der Waals surface area contributed by atoms with Gasteiger partial charge in [0.25, 0.3) is 5.56 Å². The van der Waals surface area contributed by atoms with Crippen LogP contribution in [-0.2, 0) is 6.54 Å². The van der Waals surface area contributed by atoms with E-state index < -0.39 is 0 Å². The predicted octanol–water partition coefficient (Wildman–Crippen LogP) is 2.51. The Morgan fingerprint density at radius 1 is 1.37 bits per heavy atom. The van der Waals surface area contributed by atoms with Gasteiger partial charge in [-0.1, -0.05) is 23.8 Å². The average Bonchev–Trinajstić information content (AvgIpc) is 2.34. The number of hydrogen-bond acceptors (Lipinski definition) is 3. The van der Waals surface area contributed by atoms with Gasteiger partial charge in [0, 0.05) is 11.8 Å². The number of rotatable bonds is 3. The van der Waals surface area contributed by atoms with Gasteiger partial charge in [-0.3, -0.25) is 14.2 Å². The van der Waals surface area contributed by atoms with Crippen LogP contribution in [0.5, 0.6) is 0 Å². The molecule has 1 aromatic heterocycles. The van der Waals surface area contributed by atoms with Crippen LogP contribution in [0.15, 0.2) is 40.0 Å². The summed E-state index contributed by atoms with van der Waals surface area (Å²) in [5, 5.41) is 0. The van der Waals surface area contributed by atoms with Crippen LogP contribution in [-0.4, -0.2) is 15.3 Å². The van der Waals surface area contributed by atoms with Gasteiger partial charge in [0.1, 0.15) is 4.47 Å². The van der Waals surface area contributed by atoms with Gasteiger partial charge in [0.15, 0.2) is 5.78 Å². The van der Waals surface area contributed by atoms with Crippen LogP contribution >= 0.6 is 15.9 Å². The minimum atomic E-state index is -0.256. The Hall–Kier alpha value is -1.75. The molecule has 1 heterocycles. The van der Waals surface area contributed by atoms with Gasteiger partial charge >= 0.3 is 0 Å². The molecule has 0 saturated carbocycles. The van der Waals surface area contributed by atoms with E-state index in [0.717, 1.165) is 11.1 Å². The number of halogens is 1. The summed E-state index contributed by atoms with van der Waals surface area (Å²) in [6.45, 7) is 3.86. The topological polar surface area (TPSA) is 52.0 Å². The number of benzene rings is 1. The highest BCUT2D eigenvalue weighted by Gasteiger charge is 2.11. The molecule has 0 aliphatic carbocycles. The second-order valence-corrected chi connectivity index (χ2v) is 5.27. The molecule has 2 aromatic rings. The van der Waals surface area contributed by atoms with E-state index in [4.69, 9.17) is 0 Å². The second kappa shape index (κ2) is 5.48. The van der Waals surface area contributed by atoms with Crippen molar-refractivity contribution >= 4 is 21.7 Å². The maximum Gasteiger partial charge on any atom is 0.268 e. The Bertz CT molecular complexity index is 692. The summed E-state index contributed by atoms with van der Waals surface area (Å²) in [5.74, 6) is -0.0977. The Morgan fingerprint density at radius 3 is 2.79 bits per heavy atom. The second-order valence-electron chi connectivity index (χ2n) is 4.42. The molecule has 5 heteroatoms. The maximum atomic E-state index is 12.2. The molecule has 19 heavy (non-hydrogen) atoms. The van der Waals surface area contributed by atoms with Crippen molar-refractivity contribution in [2.24, 2.45) is 0 Å². The van der Waals surface area contributed by atoms with E-state index in [-0.39, 0.29) is 17.9 Å². The fourth-order valence-corrected chi connectivity index (χ4v) is 2.25. The summed E-state index contributed by atoms with van der Waals surface area (Å²) in [4.78, 5) is 27.9. The van der Waals surface area contributed by atoms with E-state index in [9.17, 15) is 9.59 Å². The Morgan fingerprint density at radius 2 is 2.11 bits per heavy atom. The van der Waals surface area contributed by atoms with E-state index in [2.05, 4.69) is 20.9 Å². The summed E-state index contributed by atoms with van der Waals surface area (Å²) >= 11 is 3.11. The number of carbonyl (C=O) groups is 1. The number of aromatic nitrogens is 2. The van der Waals surface area contributed by atoms with Crippen molar-refractivity contribution in [1.82, 2.24) is 9.55 Å². The molecular weight excluding hydrogens is 308 g/mol. The minimum absolute atomic E-state index is 0.00479. The average molecular weight is 321 g/mol. The normalized spacial score (nSPS) is 10.5. The molecule has 0 aliphatic rings. The third kappa shape index (κ3) is 2.98. The van der Waals surface area contributed by atoms with Gasteiger partial charge in [-0.2, -0.15) is 0 Å². The highest BCUT2D eigenvalue weighted by atomic mass is 79.9. The largest absolute Gasteiger partial charge is 0.292 e. The lowest BCUT2D eigenvalue weighted by molar-refractivity contribution is 0.0969. The van der Waals surface area contributed by atoms with Crippen LogP contribution in [0, 0.1) is 13.8 Å². The number of aryl methyl sites for hydroxylation is 2. The molecule has 0 N–H and O–H groups in total. The Balaban J connectivity index is 2.31. The van der Waals surface area contributed by atoms with E-state index in [1.807, 2.05) is 26.0 Å². The standard InChI is InChI=1S/C14H13BrN2O2/c1-9-3-4-11(10(2)5-9)13(18)7-17-8-16-6-12(15)14(17)19/h3-6,8H,7H2,1-2H3. The molecule has 1 aromatic carbocycles. The number of Topliss-reactive ketones (excluding diaryl/α,β-unsaturated/α-hetero) is 1. The van der Waals surface area contributed by atoms with Crippen molar-refractivity contribution < 1.29 is 4.79 Å². The van der Waals surface area contributed by atoms with Crippen molar-refractivity contribution in [2.75, 3.05) is 0 Å². The van der Waals surface area contributed by atoms with Gasteiger partial charge in [0.05, 0.1) is 12.9 Å². The van der Waals surface area contributed by atoms with Gasteiger partial charge < -0.3 is 0 Å². The summed E-state index contributed by atoms with van der Waals surface area (Å²) in [5.41, 5.74) is 2.40. The molecule has 0 saturated heterocycles. The summed E-state index contributed by atoms with van der Waals surface area (Å²) in [6.07, 6.45) is 2.79. The molecule has 0 radical (unpaired) electrons. The summed E-state index contributed by atoms with van der Waals surface area (Å²) in [7, 11) is 0. The van der Waals surface area contributed by atoms with Crippen molar-refractivity contribution in [3.8, 4) is 0 Å². The minimum Gasteiger partial charge on any atom is -0.292 e. The predicted molar refractivity (Wildman–Crippen MR) is 76.4 cm³/mol. The monoisotopic (exact) mass is 320 g/mol. The first kappa shape index (κ1) is 13.7. The zero-order valence-electron chi connectivity index (χ0n) is 10.7. The van der Waals surface area contributed by atoms with E-state index >= 15 is 0 Å². The van der Waals surface area contributed by atoms with Crippen LogP contribution in [0.2, 0.25) is 0 Å². The highest BCUT2D eigenvalue weighted by molar-refractivity contribution is 9.10. The molecule has 0 amide bonds. The van der Waals surface area contributed by atoms with Crippen molar-refractivity contribution in [2.45, 2.75) is 20.4 Å². The number of hydrogen-bond donors (Lipinski definition) is 0. The number of nitrogens with zero attached hydrogens (tertiary/aromatic N) is 2. The Kier molecular flexibility index (Phi) is 3.95. The lowest BCUT2D eigenvalue weighted by atomic mass is 10.0. The van der Waals surface area contributed by atoms with Crippen LogP contribution in [0.25, 0.3) is 0 Å². The first-order chi connectivity index (χ1) is 8.99. The lowest BCUT2D eigenvalue weighted by Crippen LogP contribution is -2.25. The van der Waals surface area contributed by atoms with Crippen molar-refractivity contribution in [1.29, 1.82) is 0 Å². The maximum absolute atomic E-state index is 12.2. The third-order valence-electron chi connectivity index (χ3n) is 2.86. The number of ketones is 1. The summed E-state index contributed by atoms with van der Waals surface area (Å²) in [6, 6.07) is 5.64. The molecule has 4 nitrogen and oxygen atoms in total. The quantitative estimate of drug-likeness (QED) is 0.816. The van der Waals surface area contributed by atoms with E-state index in [1.165, 1.54) is 17.1 Å². The molecule has 0 spiro atoms. The SMILES string of the molecule is Cc1ccc(C(=O)Cn2cncc(Br)c2=O)c(C)c1. The number of carbonyl (C=O) groups excluding carboxylic acids is 1. The molecule has 98 valence electrons. The zero-order chi connectivity index (χ0) is 14.0. The summed E-state index contributed by atoms with van der Waals surface area (Å²) < 4.78 is 1.65. The van der Waals surface area contributed by atoms with Gasteiger partial charge in [-0.05, 0) is 35.3 Å². The third-order valence-corrected chi connectivity index (χ3v) is 3.40. The van der Waals surface area contributed by atoms with Crippen LogP contribution in [0.1, 0.15) is 21.5 Å². The van der Waals surface area contributed by atoms with E-state index in [1.54, 1.807) is 6.07 Å².